The largest absolute Gasteiger partial charge is 0.355 e. The van der Waals surface area contributed by atoms with Crippen molar-refractivity contribution in [3.63, 3.8) is 0 Å². The minimum absolute atomic E-state index is 0. The van der Waals surface area contributed by atoms with E-state index in [4.69, 9.17) is 0 Å². The Morgan fingerprint density at radius 2 is 1.24 bits per heavy atom. The molecule has 1 aliphatic heterocycles. The van der Waals surface area contributed by atoms with Crippen LogP contribution in [0, 0.1) is 0 Å². The van der Waals surface area contributed by atoms with Crippen molar-refractivity contribution < 1.29 is 0 Å². The van der Waals surface area contributed by atoms with Gasteiger partial charge < -0.3 is 10.2 Å². The number of hydrogen-bond acceptors (Lipinski definition) is 2. The van der Waals surface area contributed by atoms with Crippen molar-refractivity contribution in [2.75, 3.05) is 17.3 Å². The Hall–Kier alpha value is -3.23. The van der Waals surface area contributed by atoms with E-state index in [0.717, 1.165) is 11.4 Å². The highest BCUT2D eigenvalue weighted by Gasteiger charge is 2.29. The topological polar surface area (TPSA) is 15.3 Å². The molecule has 0 spiro atoms. The summed E-state index contributed by atoms with van der Waals surface area (Å²) in [5, 5.41) is 3.53. The summed E-state index contributed by atoms with van der Waals surface area (Å²) in [7, 11) is 2.16. The first-order valence-electron chi connectivity index (χ1n) is 9.65. The SMILES string of the molecule is CN1c2ccccc2C(c2ccccc2)c2ccc(Nc3ccccc3)cc21.Cl. The molecule has 0 radical (unpaired) electrons. The number of benzene rings is 4. The number of halogens is 1. The van der Waals surface area contributed by atoms with Crippen molar-refractivity contribution in [2.45, 2.75) is 5.92 Å². The van der Waals surface area contributed by atoms with Crippen LogP contribution in [0.2, 0.25) is 0 Å². The summed E-state index contributed by atoms with van der Waals surface area (Å²) >= 11 is 0. The second-order valence-corrected chi connectivity index (χ2v) is 7.23. The van der Waals surface area contributed by atoms with Gasteiger partial charge in [-0.1, -0.05) is 72.8 Å². The van der Waals surface area contributed by atoms with Crippen LogP contribution in [-0.4, -0.2) is 7.05 Å². The Morgan fingerprint density at radius 1 is 0.621 bits per heavy atom. The summed E-state index contributed by atoms with van der Waals surface area (Å²) in [5.74, 6) is 0.245. The molecule has 0 fully saturated rings. The summed E-state index contributed by atoms with van der Waals surface area (Å²) in [5.41, 5.74) is 8.73. The third kappa shape index (κ3) is 3.48. The molecule has 0 aliphatic carbocycles. The summed E-state index contributed by atoms with van der Waals surface area (Å²) in [6.07, 6.45) is 0. The van der Waals surface area contributed by atoms with Gasteiger partial charge >= 0.3 is 0 Å². The second kappa shape index (κ2) is 8.02. The molecule has 0 saturated carbocycles. The second-order valence-electron chi connectivity index (χ2n) is 7.23. The number of nitrogens with one attached hydrogen (secondary N) is 1. The zero-order valence-corrected chi connectivity index (χ0v) is 17.1. The standard InChI is InChI=1S/C26H22N2.ClH/c1-28-24-15-9-8-14-22(24)26(19-10-4-2-5-11-19)23-17-16-21(18-25(23)28)27-20-12-6-3-7-13-20;/h2-18,26-27H,1H3;1H. The molecular weight excluding hydrogens is 376 g/mol. The normalized spacial score (nSPS) is 14.4. The van der Waals surface area contributed by atoms with Crippen molar-refractivity contribution in [1.82, 2.24) is 0 Å². The van der Waals surface area contributed by atoms with E-state index in [0.29, 0.717) is 0 Å². The number of rotatable bonds is 3. The van der Waals surface area contributed by atoms with Crippen molar-refractivity contribution in [1.29, 1.82) is 0 Å². The van der Waals surface area contributed by atoms with Crippen LogP contribution < -0.4 is 10.2 Å². The zero-order valence-electron chi connectivity index (χ0n) is 16.2. The minimum atomic E-state index is 0. The maximum Gasteiger partial charge on any atom is 0.0471 e. The first-order chi connectivity index (χ1) is 13.8. The van der Waals surface area contributed by atoms with Crippen LogP contribution in [0.5, 0.6) is 0 Å². The van der Waals surface area contributed by atoms with Crippen LogP contribution in [0.15, 0.2) is 103 Å². The lowest BCUT2D eigenvalue weighted by Crippen LogP contribution is -2.22. The van der Waals surface area contributed by atoms with E-state index in [1.807, 2.05) is 6.07 Å². The van der Waals surface area contributed by atoms with E-state index in [9.17, 15) is 0 Å². The molecule has 0 aromatic heterocycles. The minimum Gasteiger partial charge on any atom is -0.355 e. The Kier molecular flexibility index (Phi) is 5.28. The van der Waals surface area contributed by atoms with E-state index in [1.165, 1.54) is 28.1 Å². The van der Waals surface area contributed by atoms with E-state index in [2.05, 4.69) is 114 Å². The molecule has 5 rings (SSSR count). The van der Waals surface area contributed by atoms with Crippen molar-refractivity contribution in [3.05, 3.63) is 120 Å². The lowest BCUT2D eigenvalue weighted by atomic mass is 9.80. The highest BCUT2D eigenvalue weighted by atomic mass is 35.5. The van der Waals surface area contributed by atoms with Crippen molar-refractivity contribution in [3.8, 4) is 0 Å². The van der Waals surface area contributed by atoms with Gasteiger partial charge in [-0.2, -0.15) is 0 Å². The fourth-order valence-corrected chi connectivity index (χ4v) is 4.18. The van der Waals surface area contributed by atoms with E-state index in [1.54, 1.807) is 0 Å². The molecule has 29 heavy (non-hydrogen) atoms. The Balaban J connectivity index is 0.00000205. The molecular formula is C26H23ClN2. The summed E-state index contributed by atoms with van der Waals surface area (Å²) in [6, 6.07) is 36.5. The van der Waals surface area contributed by atoms with Gasteiger partial charge in [0.05, 0.1) is 0 Å². The molecule has 4 aromatic rings. The van der Waals surface area contributed by atoms with Crippen LogP contribution in [0.25, 0.3) is 0 Å². The molecule has 1 atom stereocenters. The van der Waals surface area contributed by atoms with E-state index < -0.39 is 0 Å². The van der Waals surface area contributed by atoms with Crippen LogP contribution in [0.1, 0.15) is 22.6 Å². The van der Waals surface area contributed by atoms with Crippen molar-refractivity contribution >= 4 is 35.2 Å². The predicted molar refractivity (Wildman–Crippen MR) is 125 cm³/mol. The molecule has 4 aromatic carbocycles. The highest BCUT2D eigenvalue weighted by Crippen LogP contribution is 2.48. The molecule has 2 nitrogen and oxygen atoms in total. The summed E-state index contributed by atoms with van der Waals surface area (Å²) in [6.45, 7) is 0. The monoisotopic (exact) mass is 398 g/mol. The van der Waals surface area contributed by atoms with Crippen LogP contribution in [-0.2, 0) is 0 Å². The molecule has 0 amide bonds. The first kappa shape index (κ1) is 19.1. The molecule has 1 unspecified atom stereocenters. The number of hydrogen-bond donors (Lipinski definition) is 1. The molecule has 1 N–H and O–H groups in total. The molecule has 3 heteroatoms. The molecule has 0 bridgehead atoms. The Bertz CT molecular complexity index is 1110. The van der Waals surface area contributed by atoms with Gasteiger partial charge in [0.1, 0.15) is 0 Å². The molecule has 1 aliphatic rings. The van der Waals surface area contributed by atoms with Gasteiger partial charge in [0.2, 0.25) is 0 Å². The lowest BCUT2D eigenvalue weighted by molar-refractivity contribution is 0.927. The van der Waals surface area contributed by atoms with Crippen molar-refractivity contribution in [2.24, 2.45) is 0 Å². The van der Waals surface area contributed by atoms with Crippen LogP contribution >= 0.6 is 12.4 Å². The van der Waals surface area contributed by atoms with Gasteiger partial charge in [-0.3, -0.25) is 0 Å². The van der Waals surface area contributed by atoms with Gasteiger partial charge in [0.15, 0.2) is 0 Å². The van der Waals surface area contributed by atoms with Crippen LogP contribution in [0.4, 0.5) is 22.7 Å². The third-order valence-corrected chi connectivity index (χ3v) is 5.51. The number of anilines is 4. The van der Waals surface area contributed by atoms with E-state index >= 15 is 0 Å². The smallest absolute Gasteiger partial charge is 0.0471 e. The third-order valence-electron chi connectivity index (χ3n) is 5.51. The van der Waals surface area contributed by atoms with Gasteiger partial charge in [0, 0.05) is 35.7 Å². The lowest BCUT2D eigenvalue weighted by Gasteiger charge is -2.36. The Labute approximate surface area is 178 Å². The molecule has 1 heterocycles. The molecule has 0 saturated heterocycles. The molecule has 144 valence electrons. The number of para-hydroxylation sites is 2. The van der Waals surface area contributed by atoms with E-state index in [-0.39, 0.29) is 18.3 Å². The number of nitrogens with zero attached hydrogens (tertiary/aromatic N) is 1. The van der Waals surface area contributed by atoms with Gasteiger partial charge in [0.25, 0.3) is 0 Å². The average Bonchev–Trinajstić information content (AvgIpc) is 2.76. The first-order valence-corrected chi connectivity index (χ1v) is 9.65. The number of fused-ring (bicyclic) bond motifs is 2. The maximum absolute atomic E-state index is 3.53. The Morgan fingerprint density at radius 3 is 2.00 bits per heavy atom. The summed E-state index contributed by atoms with van der Waals surface area (Å²) in [4.78, 5) is 2.31. The summed E-state index contributed by atoms with van der Waals surface area (Å²) < 4.78 is 0. The maximum atomic E-state index is 3.53. The highest BCUT2D eigenvalue weighted by molar-refractivity contribution is 5.85. The van der Waals surface area contributed by atoms with Gasteiger partial charge in [-0.15, -0.1) is 12.4 Å². The fourth-order valence-electron chi connectivity index (χ4n) is 4.18. The van der Waals surface area contributed by atoms with Crippen LogP contribution in [0.3, 0.4) is 0 Å². The average molecular weight is 399 g/mol. The fraction of sp³-hybridized carbons (Fsp3) is 0.0769. The van der Waals surface area contributed by atoms with Gasteiger partial charge in [-0.05, 0) is 47.0 Å². The predicted octanol–water partition coefficient (Wildman–Crippen LogP) is 7.11. The quantitative estimate of drug-likeness (QED) is 0.395. The zero-order chi connectivity index (χ0) is 18.9. The van der Waals surface area contributed by atoms with Gasteiger partial charge in [-0.25, -0.2) is 0 Å².